The fourth-order valence-electron chi connectivity index (χ4n) is 1.22. The van der Waals surface area contributed by atoms with Crippen LogP contribution >= 0.6 is 11.6 Å². The number of aromatic nitrogens is 1. The van der Waals surface area contributed by atoms with E-state index in [1.165, 1.54) is 11.1 Å². The van der Waals surface area contributed by atoms with Crippen molar-refractivity contribution >= 4 is 11.6 Å². The monoisotopic (exact) mass is 190 g/mol. The van der Waals surface area contributed by atoms with E-state index in [0.29, 0.717) is 0 Å². The van der Waals surface area contributed by atoms with E-state index < -0.39 is 0 Å². The second-order valence-corrected chi connectivity index (χ2v) is 3.23. The van der Waals surface area contributed by atoms with Crippen LogP contribution in [0.3, 0.4) is 0 Å². The third kappa shape index (κ3) is 1.87. The molecule has 13 heavy (non-hydrogen) atoms. The minimum atomic E-state index is 0.770. The smallest absolute Gasteiger partial charge is 0.167 e. The fourth-order valence-corrected chi connectivity index (χ4v) is 1.35. The fraction of sp³-hybridized carbons (Fsp3) is 0. The Balaban J connectivity index is 2.42. The van der Waals surface area contributed by atoms with Crippen molar-refractivity contribution in [1.82, 2.24) is 0 Å². The molecule has 0 radical (unpaired) electrons. The molecule has 2 rings (SSSR count). The summed E-state index contributed by atoms with van der Waals surface area (Å²) in [5.41, 5.74) is 2.37. The summed E-state index contributed by atoms with van der Waals surface area (Å²) in [6.45, 7) is 0. The Morgan fingerprint density at radius 1 is 0.769 bits per heavy atom. The number of H-pyrrole nitrogens is 1. The number of rotatable bonds is 1. The van der Waals surface area contributed by atoms with E-state index in [1.54, 1.807) is 0 Å². The van der Waals surface area contributed by atoms with Gasteiger partial charge in [-0.1, -0.05) is 23.7 Å². The molecule has 1 aromatic carbocycles. The van der Waals surface area contributed by atoms with Gasteiger partial charge in [-0.05, 0) is 23.3 Å². The number of hydrogen-bond donors (Lipinski definition) is 0. The molecule has 0 aliphatic heterocycles. The maximum Gasteiger partial charge on any atom is 0.167 e. The SMILES string of the molecule is Clc1ccc(-c2cc[nH+]cc2)cc1. The Bertz CT molecular complexity index is 381. The van der Waals surface area contributed by atoms with Crippen LogP contribution in [0.1, 0.15) is 0 Å². The first-order valence-corrected chi connectivity index (χ1v) is 4.46. The molecule has 1 nitrogen and oxygen atoms in total. The molecule has 1 N–H and O–H groups in total. The van der Waals surface area contributed by atoms with Gasteiger partial charge in [0.1, 0.15) is 0 Å². The Morgan fingerprint density at radius 2 is 1.31 bits per heavy atom. The number of hydrogen-bond acceptors (Lipinski definition) is 0. The lowest BCUT2D eigenvalue weighted by atomic mass is 10.1. The van der Waals surface area contributed by atoms with E-state index in [2.05, 4.69) is 4.98 Å². The summed E-state index contributed by atoms with van der Waals surface area (Å²) < 4.78 is 0. The van der Waals surface area contributed by atoms with Gasteiger partial charge in [-0.3, -0.25) is 0 Å². The van der Waals surface area contributed by atoms with Crippen molar-refractivity contribution < 1.29 is 4.98 Å². The van der Waals surface area contributed by atoms with Crippen LogP contribution in [-0.4, -0.2) is 0 Å². The molecule has 64 valence electrons. The molecule has 0 fully saturated rings. The lowest BCUT2D eigenvalue weighted by Crippen LogP contribution is -1.96. The maximum atomic E-state index is 5.79. The number of aromatic amines is 1. The Morgan fingerprint density at radius 3 is 1.92 bits per heavy atom. The number of halogens is 1. The van der Waals surface area contributed by atoms with Crippen molar-refractivity contribution in [3.63, 3.8) is 0 Å². The molecule has 0 saturated heterocycles. The summed E-state index contributed by atoms with van der Waals surface area (Å²) in [5.74, 6) is 0. The molecule has 0 amide bonds. The summed E-state index contributed by atoms with van der Waals surface area (Å²) in [6, 6.07) is 11.9. The molecule has 0 saturated carbocycles. The lowest BCUT2D eigenvalue weighted by Gasteiger charge is -1.98. The first-order valence-electron chi connectivity index (χ1n) is 4.08. The van der Waals surface area contributed by atoms with Crippen molar-refractivity contribution in [3.05, 3.63) is 53.8 Å². The summed E-state index contributed by atoms with van der Waals surface area (Å²) in [6.07, 6.45) is 3.81. The van der Waals surface area contributed by atoms with Crippen LogP contribution in [0.2, 0.25) is 5.02 Å². The van der Waals surface area contributed by atoms with E-state index in [9.17, 15) is 0 Å². The Labute approximate surface area is 82.0 Å². The van der Waals surface area contributed by atoms with Crippen molar-refractivity contribution in [3.8, 4) is 11.1 Å². The highest BCUT2D eigenvalue weighted by Gasteiger charge is 1.96. The number of nitrogens with one attached hydrogen (secondary N) is 1. The predicted molar refractivity (Wildman–Crippen MR) is 53.4 cm³/mol. The molecular weight excluding hydrogens is 182 g/mol. The Hall–Kier alpha value is -1.34. The van der Waals surface area contributed by atoms with Gasteiger partial charge in [0.25, 0.3) is 0 Å². The highest BCUT2D eigenvalue weighted by molar-refractivity contribution is 6.30. The van der Waals surface area contributed by atoms with E-state index >= 15 is 0 Å². The maximum absolute atomic E-state index is 5.79. The highest BCUT2D eigenvalue weighted by atomic mass is 35.5. The summed E-state index contributed by atoms with van der Waals surface area (Å²) >= 11 is 5.79. The van der Waals surface area contributed by atoms with Crippen LogP contribution < -0.4 is 4.98 Å². The normalized spacial score (nSPS) is 9.92. The van der Waals surface area contributed by atoms with Gasteiger partial charge in [-0.25, -0.2) is 4.98 Å². The highest BCUT2D eigenvalue weighted by Crippen LogP contribution is 2.19. The molecule has 0 atom stereocenters. The topological polar surface area (TPSA) is 14.1 Å². The van der Waals surface area contributed by atoms with Crippen molar-refractivity contribution in [1.29, 1.82) is 0 Å². The van der Waals surface area contributed by atoms with Crippen molar-refractivity contribution in [2.75, 3.05) is 0 Å². The van der Waals surface area contributed by atoms with Crippen LogP contribution in [0.25, 0.3) is 11.1 Å². The van der Waals surface area contributed by atoms with Crippen LogP contribution in [0, 0.1) is 0 Å². The van der Waals surface area contributed by atoms with Gasteiger partial charge >= 0.3 is 0 Å². The molecule has 0 bridgehead atoms. The van der Waals surface area contributed by atoms with E-state index in [0.717, 1.165) is 5.02 Å². The third-order valence-electron chi connectivity index (χ3n) is 1.90. The van der Waals surface area contributed by atoms with Gasteiger partial charge in [-0.15, -0.1) is 0 Å². The van der Waals surface area contributed by atoms with Crippen LogP contribution in [0.4, 0.5) is 0 Å². The summed E-state index contributed by atoms with van der Waals surface area (Å²) in [5, 5.41) is 0.770. The molecule has 2 heteroatoms. The van der Waals surface area contributed by atoms with Gasteiger partial charge in [-0.2, -0.15) is 0 Å². The second-order valence-electron chi connectivity index (χ2n) is 2.80. The zero-order chi connectivity index (χ0) is 9.10. The first kappa shape index (κ1) is 8.27. The second kappa shape index (κ2) is 3.58. The molecular formula is C11H9ClN+. The quantitative estimate of drug-likeness (QED) is 0.657. The first-order chi connectivity index (χ1) is 6.36. The molecule has 0 aliphatic rings. The molecule has 2 aromatic rings. The van der Waals surface area contributed by atoms with Crippen LogP contribution in [0.15, 0.2) is 48.8 Å². The van der Waals surface area contributed by atoms with E-state index in [1.807, 2.05) is 48.8 Å². The van der Waals surface area contributed by atoms with E-state index in [4.69, 9.17) is 11.6 Å². The van der Waals surface area contributed by atoms with Crippen molar-refractivity contribution in [2.45, 2.75) is 0 Å². The standard InChI is InChI=1S/C11H8ClN/c12-11-3-1-9(2-4-11)10-5-7-13-8-6-10/h1-8H/p+1. The number of pyridine rings is 1. The number of benzene rings is 1. The van der Waals surface area contributed by atoms with E-state index in [-0.39, 0.29) is 0 Å². The third-order valence-corrected chi connectivity index (χ3v) is 2.15. The van der Waals surface area contributed by atoms with Gasteiger partial charge in [0.05, 0.1) is 0 Å². The lowest BCUT2D eigenvalue weighted by molar-refractivity contribution is -0.377. The molecule has 0 unspecified atom stereocenters. The average Bonchev–Trinajstić information content (AvgIpc) is 2.20. The average molecular weight is 191 g/mol. The molecule has 1 aromatic heterocycles. The Kier molecular flexibility index (Phi) is 2.28. The molecule has 0 spiro atoms. The van der Waals surface area contributed by atoms with Gasteiger partial charge < -0.3 is 0 Å². The molecule has 0 aliphatic carbocycles. The van der Waals surface area contributed by atoms with Crippen LogP contribution in [-0.2, 0) is 0 Å². The summed E-state index contributed by atoms with van der Waals surface area (Å²) in [4.78, 5) is 2.99. The van der Waals surface area contributed by atoms with Gasteiger partial charge in [0.2, 0.25) is 0 Å². The van der Waals surface area contributed by atoms with Gasteiger partial charge in [0, 0.05) is 17.2 Å². The zero-order valence-electron chi connectivity index (χ0n) is 7.00. The molecule has 1 heterocycles. The van der Waals surface area contributed by atoms with Gasteiger partial charge in [0.15, 0.2) is 12.4 Å². The minimum absolute atomic E-state index is 0.770. The van der Waals surface area contributed by atoms with Crippen molar-refractivity contribution in [2.24, 2.45) is 0 Å². The van der Waals surface area contributed by atoms with Crippen LogP contribution in [0.5, 0.6) is 0 Å². The summed E-state index contributed by atoms with van der Waals surface area (Å²) in [7, 11) is 0. The predicted octanol–water partition coefficient (Wildman–Crippen LogP) is 2.82. The minimum Gasteiger partial charge on any atom is -0.218 e. The largest absolute Gasteiger partial charge is 0.218 e. The zero-order valence-corrected chi connectivity index (χ0v) is 7.75.